The lowest BCUT2D eigenvalue weighted by Gasteiger charge is -2.11. The standard InChI is InChI=1S/C26H19Cl2NO5/c1-14(7-26(30)29-16-4-6-22-25(9-16)34-13-33-22)18-10-19-20(12-32-24(19)11-23(18)31-2)17-5-3-15(27)8-21(17)28/h3-12H,13H2,1-2H3,(H,29,30)/b14-7+. The molecule has 34 heavy (non-hydrogen) atoms. The van der Waals surface area contributed by atoms with Crippen LogP contribution in [0.1, 0.15) is 12.5 Å². The number of anilines is 1. The van der Waals surface area contributed by atoms with Gasteiger partial charge in [-0.3, -0.25) is 4.79 Å². The minimum absolute atomic E-state index is 0.172. The maximum absolute atomic E-state index is 12.7. The molecule has 3 aromatic carbocycles. The maximum atomic E-state index is 12.7. The number of fused-ring (bicyclic) bond motifs is 2. The van der Waals surface area contributed by atoms with Gasteiger partial charge in [-0.05, 0) is 42.8 Å². The zero-order valence-corrected chi connectivity index (χ0v) is 19.8. The van der Waals surface area contributed by atoms with E-state index < -0.39 is 0 Å². The third-order valence-electron chi connectivity index (χ3n) is 5.53. The second-order valence-corrected chi connectivity index (χ2v) is 8.55. The molecule has 0 spiro atoms. The first kappa shape index (κ1) is 22.2. The van der Waals surface area contributed by atoms with Crippen molar-refractivity contribution in [1.29, 1.82) is 0 Å². The quantitative estimate of drug-likeness (QED) is 0.296. The van der Waals surface area contributed by atoms with Gasteiger partial charge in [-0.1, -0.05) is 29.3 Å². The van der Waals surface area contributed by atoms with Crippen molar-refractivity contribution in [3.05, 3.63) is 76.5 Å². The number of hydrogen-bond acceptors (Lipinski definition) is 5. The van der Waals surface area contributed by atoms with Crippen molar-refractivity contribution in [3.8, 4) is 28.4 Å². The Hall–Kier alpha value is -3.61. The highest BCUT2D eigenvalue weighted by Crippen LogP contribution is 2.40. The van der Waals surface area contributed by atoms with Gasteiger partial charge in [0.25, 0.3) is 0 Å². The molecule has 2 heterocycles. The van der Waals surface area contributed by atoms with Gasteiger partial charge in [-0.25, -0.2) is 0 Å². The van der Waals surface area contributed by atoms with Crippen LogP contribution >= 0.6 is 23.2 Å². The van der Waals surface area contributed by atoms with E-state index in [0.717, 1.165) is 22.1 Å². The highest BCUT2D eigenvalue weighted by molar-refractivity contribution is 6.36. The first-order chi connectivity index (χ1) is 16.4. The van der Waals surface area contributed by atoms with Crippen LogP contribution in [0.25, 0.3) is 27.7 Å². The van der Waals surface area contributed by atoms with Gasteiger partial charge in [0.1, 0.15) is 11.3 Å². The van der Waals surface area contributed by atoms with E-state index >= 15 is 0 Å². The zero-order valence-electron chi connectivity index (χ0n) is 18.3. The summed E-state index contributed by atoms with van der Waals surface area (Å²) in [5.41, 5.74) is 4.32. The summed E-state index contributed by atoms with van der Waals surface area (Å²) in [5.74, 6) is 1.55. The Morgan fingerprint density at radius 3 is 2.65 bits per heavy atom. The van der Waals surface area contributed by atoms with Crippen LogP contribution in [-0.4, -0.2) is 19.8 Å². The molecule has 0 saturated heterocycles. The second kappa shape index (κ2) is 8.97. The Morgan fingerprint density at radius 1 is 1.03 bits per heavy atom. The summed E-state index contributed by atoms with van der Waals surface area (Å²) < 4.78 is 22.0. The van der Waals surface area contributed by atoms with Crippen molar-refractivity contribution in [2.75, 3.05) is 19.2 Å². The topological polar surface area (TPSA) is 69.9 Å². The molecule has 0 radical (unpaired) electrons. The number of ether oxygens (including phenoxy) is 3. The summed E-state index contributed by atoms with van der Waals surface area (Å²) in [5, 5.41) is 4.76. The minimum Gasteiger partial charge on any atom is -0.496 e. The summed E-state index contributed by atoms with van der Waals surface area (Å²) >= 11 is 12.5. The summed E-state index contributed by atoms with van der Waals surface area (Å²) in [7, 11) is 1.57. The molecule has 1 N–H and O–H groups in total. The molecule has 1 aliphatic rings. The fraction of sp³-hybridized carbons (Fsp3) is 0.115. The van der Waals surface area contributed by atoms with E-state index in [0.29, 0.717) is 44.1 Å². The summed E-state index contributed by atoms with van der Waals surface area (Å²) in [4.78, 5) is 12.7. The Balaban J connectivity index is 1.49. The smallest absolute Gasteiger partial charge is 0.248 e. The van der Waals surface area contributed by atoms with E-state index in [1.807, 2.05) is 19.1 Å². The van der Waals surface area contributed by atoms with Gasteiger partial charge in [0.15, 0.2) is 11.5 Å². The summed E-state index contributed by atoms with van der Waals surface area (Å²) in [6.45, 7) is 2.02. The number of benzene rings is 3. The highest BCUT2D eigenvalue weighted by Gasteiger charge is 2.17. The number of rotatable bonds is 5. The number of halogens is 2. The Morgan fingerprint density at radius 2 is 1.85 bits per heavy atom. The predicted molar refractivity (Wildman–Crippen MR) is 133 cm³/mol. The van der Waals surface area contributed by atoms with Gasteiger partial charge in [-0.15, -0.1) is 0 Å². The molecule has 172 valence electrons. The van der Waals surface area contributed by atoms with E-state index in [4.69, 9.17) is 41.8 Å². The molecular formula is C26H19Cl2NO5. The van der Waals surface area contributed by atoms with Crippen molar-refractivity contribution in [1.82, 2.24) is 0 Å². The Kier molecular flexibility index (Phi) is 5.86. The second-order valence-electron chi connectivity index (χ2n) is 7.71. The molecule has 0 atom stereocenters. The lowest BCUT2D eigenvalue weighted by atomic mass is 9.99. The molecule has 0 aliphatic carbocycles. The van der Waals surface area contributed by atoms with Crippen molar-refractivity contribution >= 4 is 51.3 Å². The van der Waals surface area contributed by atoms with Crippen molar-refractivity contribution in [2.24, 2.45) is 0 Å². The van der Waals surface area contributed by atoms with Crippen molar-refractivity contribution in [3.63, 3.8) is 0 Å². The number of allylic oxidation sites excluding steroid dienone is 1. The third kappa shape index (κ3) is 4.18. The average Bonchev–Trinajstić information content (AvgIpc) is 3.44. The largest absolute Gasteiger partial charge is 0.496 e. The highest BCUT2D eigenvalue weighted by atomic mass is 35.5. The third-order valence-corrected chi connectivity index (χ3v) is 6.08. The number of nitrogens with one attached hydrogen (secondary N) is 1. The lowest BCUT2D eigenvalue weighted by Crippen LogP contribution is -2.08. The van der Waals surface area contributed by atoms with Crippen molar-refractivity contribution < 1.29 is 23.4 Å². The van der Waals surface area contributed by atoms with Crippen LogP contribution in [0.5, 0.6) is 17.2 Å². The van der Waals surface area contributed by atoms with E-state index in [1.54, 1.807) is 49.8 Å². The van der Waals surface area contributed by atoms with E-state index in [1.165, 1.54) is 6.08 Å². The number of amides is 1. The first-order valence-corrected chi connectivity index (χ1v) is 11.1. The Labute approximate surface area is 205 Å². The zero-order chi connectivity index (χ0) is 23.8. The molecule has 0 fully saturated rings. The van der Waals surface area contributed by atoms with Crippen LogP contribution in [0, 0.1) is 0 Å². The van der Waals surface area contributed by atoms with Gasteiger partial charge in [-0.2, -0.15) is 0 Å². The van der Waals surface area contributed by atoms with Crippen LogP contribution in [0.15, 0.2) is 65.3 Å². The average molecular weight is 496 g/mol. The van der Waals surface area contributed by atoms with Gasteiger partial charge in [0.05, 0.1) is 18.4 Å². The fourth-order valence-corrected chi connectivity index (χ4v) is 4.39. The molecule has 8 heteroatoms. The summed E-state index contributed by atoms with van der Waals surface area (Å²) in [6.07, 6.45) is 3.16. The minimum atomic E-state index is -0.285. The lowest BCUT2D eigenvalue weighted by molar-refractivity contribution is -0.111. The summed E-state index contributed by atoms with van der Waals surface area (Å²) in [6, 6.07) is 14.3. The van der Waals surface area contributed by atoms with Crippen LogP contribution in [0.2, 0.25) is 10.0 Å². The maximum Gasteiger partial charge on any atom is 0.248 e. The van der Waals surface area contributed by atoms with Crippen LogP contribution in [-0.2, 0) is 4.79 Å². The van der Waals surface area contributed by atoms with Crippen LogP contribution < -0.4 is 19.5 Å². The van der Waals surface area contributed by atoms with Gasteiger partial charge in [0.2, 0.25) is 12.7 Å². The van der Waals surface area contributed by atoms with Crippen LogP contribution in [0.3, 0.4) is 0 Å². The van der Waals surface area contributed by atoms with E-state index in [2.05, 4.69) is 5.32 Å². The molecule has 6 nitrogen and oxygen atoms in total. The molecule has 4 aromatic rings. The molecule has 1 aromatic heterocycles. The fourth-order valence-electron chi connectivity index (χ4n) is 3.88. The number of hydrogen-bond donors (Lipinski definition) is 1. The van der Waals surface area contributed by atoms with E-state index in [9.17, 15) is 4.79 Å². The molecule has 0 bridgehead atoms. The molecule has 5 rings (SSSR count). The number of carbonyl (C=O) groups excluding carboxylic acids is 1. The SMILES string of the molecule is COc1cc2occ(-c3ccc(Cl)cc3Cl)c2cc1/C(C)=C/C(=O)Nc1ccc2c(c1)OCO2. The number of methoxy groups -OCH3 is 1. The molecule has 0 saturated carbocycles. The Bertz CT molecular complexity index is 1460. The molecule has 1 amide bonds. The molecule has 0 unspecified atom stereocenters. The van der Waals surface area contributed by atoms with Gasteiger partial charge >= 0.3 is 0 Å². The van der Waals surface area contributed by atoms with Gasteiger partial charge in [0, 0.05) is 51.0 Å². The molecular weight excluding hydrogens is 477 g/mol. The van der Waals surface area contributed by atoms with Gasteiger partial charge < -0.3 is 23.9 Å². The monoisotopic (exact) mass is 495 g/mol. The van der Waals surface area contributed by atoms with Crippen LogP contribution in [0.4, 0.5) is 5.69 Å². The number of furan rings is 1. The first-order valence-electron chi connectivity index (χ1n) is 10.4. The molecule has 1 aliphatic heterocycles. The normalized spacial score (nSPS) is 12.8. The van der Waals surface area contributed by atoms with Crippen molar-refractivity contribution in [2.45, 2.75) is 6.92 Å². The number of carbonyl (C=O) groups is 1. The van der Waals surface area contributed by atoms with E-state index in [-0.39, 0.29) is 12.7 Å². The predicted octanol–water partition coefficient (Wildman–Crippen LogP) is 7.19.